The molecule has 1 aliphatic carbocycles. The number of hydrogen-bond donors (Lipinski definition) is 2. The highest BCUT2D eigenvalue weighted by Crippen LogP contribution is 2.39. The quantitative estimate of drug-likeness (QED) is 0.882. The monoisotopic (exact) mass is 362 g/mol. The van der Waals surface area contributed by atoms with Gasteiger partial charge in [-0.3, -0.25) is 4.79 Å². The number of fused-ring (bicyclic) bond motifs is 2. The molecule has 0 bridgehead atoms. The van der Waals surface area contributed by atoms with Crippen LogP contribution >= 0.6 is 12.4 Å². The zero-order valence-electron chi connectivity index (χ0n) is 15.1. The van der Waals surface area contributed by atoms with Crippen LogP contribution in [0.1, 0.15) is 38.1 Å². The second-order valence-corrected chi connectivity index (χ2v) is 7.99. The van der Waals surface area contributed by atoms with Gasteiger partial charge >= 0.3 is 0 Å². The number of halogens is 1. The van der Waals surface area contributed by atoms with Gasteiger partial charge in [-0.2, -0.15) is 0 Å². The molecule has 2 fully saturated rings. The highest BCUT2D eigenvalue weighted by atomic mass is 35.5. The molecule has 25 heavy (non-hydrogen) atoms. The number of carbonyl (C=O) groups is 1. The lowest BCUT2D eigenvalue weighted by atomic mass is 9.99. The van der Waals surface area contributed by atoms with E-state index in [-0.39, 0.29) is 24.2 Å². The van der Waals surface area contributed by atoms with Crippen molar-refractivity contribution in [3.05, 3.63) is 35.9 Å². The Kier molecular flexibility index (Phi) is 4.82. The van der Waals surface area contributed by atoms with Crippen molar-refractivity contribution in [3.8, 4) is 0 Å². The molecule has 5 nitrogen and oxygen atoms in total. The molecule has 6 heteroatoms. The second kappa shape index (κ2) is 6.61. The number of hydrogen-bond acceptors (Lipinski definition) is 3. The van der Waals surface area contributed by atoms with Gasteiger partial charge in [0.1, 0.15) is 5.82 Å². The molecule has 1 aliphatic heterocycles. The van der Waals surface area contributed by atoms with Crippen molar-refractivity contribution in [2.45, 2.75) is 39.2 Å². The molecular formula is C19H27ClN4O. The predicted molar refractivity (Wildman–Crippen MR) is 101 cm³/mol. The first-order valence-electron chi connectivity index (χ1n) is 8.91. The molecule has 1 saturated heterocycles. The molecule has 1 amide bonds. The van der Waals surface area contributed by atoms with Gasteiger partial charge < -0.3 is 15.0 Å². The van der Waals surface area contributed by atoms with E-state index in [2.05, 4.69) is 33.0 Å². The van der Waals surface area contributed by atoms with Crippen LogP contribution in [0, 0.1) is 24.7 Å². The van der Waals surface area contributed by atoms with Crippen LogP contribution in [0.3, 0.4) is 0 Å². The maximum absolute atomic E-state index is 12.8. The highest BCUT2D eigenvalue weighted by Gasteiger charge is 2.41. The van der Waals surface area contributed by atoms with Gasteiger partial charge in [-0.05, 0) is 70.2 Å². The summed E-state index contributed by atoms with van der Waals surface area (Å²) in [4.78, 5) is 17.4. The van der Waals surface area contributed by atoms with Crippen LogP contribution in [0.4, 0.5) is 0 Å². The number of amides is 1. The van der Waals surface area contributed by atoms with Crippen LogP contribution in [0.2, 0.25) is 0 Å². The third kappa shape index (κ3) is 3.15. The van der Waals surface area contributed by atoms with Crippen LogP contribution in [0.25, 0.3) is 5.52 Å². The molecule has 2 N–H and O–H groups in total. The number of pyridine rings is 1. The minimum absolute atomic E-state index is 0. The average molecular weight is 363 g/mol. The fourth-order valence-electron chi connectivity index (χ4n) is 4.47. The Labute approximate surface area is 155 Å². The number of nitrogens with zero attached hydrogens (tertiary/aromatic N) is 2. The van der Waals surface area contributed by atoms with Crippen molar-refractivity contribution >= 4 is 23.8 Å². The van der Waals surface area contributed by atoms with Gasteiger partial charge in [0, 0.05) is 12.1 Å². The molecule has 3 atom stereocenters. The first-order chi connectivity index (χ1) is 11.5. The van der Waals surface area contributed by atoms with Gasteiger partial charge in [0.05, 0.1) is 17.3 Å². The van der Waals surface area contributed by atoms with Crippen LogP contribution in [-0.2, 0) is 10.3 Å². The molecule has 2 aromatic rings. The Morgan fingerprint density at radius 1 is 1.32 bits per heavy atom. The van der Waals surface area contributed by atoms with Crippen molar-refractivity contribution in [1.29, 1.82) is 0 Å². The van der Waals surface area contributed by atoms with E-state index in [4.69, 9.17) is 0 Å². The van der Waals surface area contributed by atoms with E-state index in [9.17, 15) is 4.79 Å². The van der Waals surface area contributed by atoms with Gasteiger partial charge in [0.15, 0.2) is 0 Å². The molecule has 0 unspecified atom stereocenters. The summed E-state index contributed by atoms with van der Waals surface area (Å²) in [5.41, 5.74) is 1.79. The van der Waals surface area contributed by atoms with Crippen molar-refractivity contribution in [1.82, 2.24) is 20.0 Å². The van der Waals surface area contributed by atoms with Gasteiger partial charge in [-0.25, -0.2) is 4.98 Å². The van der Waals surface area contributed by atoms with Crippen molar-refractivity contribution in [3.63, 3.8) is 0 Å². The third-order valence-electron chi connectivity index (χ3n) is 5.80. The maximum atomic E-state index is 12.8. The standard InChI is InChI=1S/C19H26N4O.ClH/c1-12-5-4-6-23-16(12)11-21-18(23)19(2,3)22-17(24)13-7-14-9-20-10-15(14)8-13;/h4-6,11,13-15,20H,7-10H2,1-3H3,(H,22,24);1H/t13-,14+,15-;. The maximum Gasteiger partial charge on any atom is 0.223 e. The van der Waals surface area contributed by atoms with E-state index in [0.29, 0.717) is 11.8 Å². The summed E-state index contributed by atoms with van der Waals surface area (Å²) in [6.45, 7) is 8.31. The zero-order valence-corrected chi connectivity index (χ0v) is 15.9. The molecular weight excluding hydrogens is 336 g/mol. The molecule has 2 aliphatic rings. The molecule has 4 rings (SSSR count). The van der Waals surface area contributed by atoms with E-state index in [1.807, 2.05) is 32.3 Å². The normalized spacial score (nSPS) is 25.6. The van der Waals surface area contributed by atoms with Crippen molar-refractivity contribution in [2.24, 2.45) is 17.8 Å². The Morgan fingerprint density at radius 2 is 2.00 bits per heavy atom. The molecule has 3 heterocycles. The topological polar surface area (TPSA) is 58.4 Å². The summed E-state index contributed by atoms with van der Waals surface area (Å²) < 4.78 is 2.09. The van der Waals surface area contributed by atoms with Crippen molar-refractivity contribution < 1.29 is 4.79 Å². The first kappa shape index (κ1) is 18.2. The fourth-order valence-corrected chi connectivity index (χ4v) is 4.47. The van der Waals surface area contributed by atoms with E-state index < -0.39 is 5.54 Å². The van der Waals surface area contributed by atoms with Crippen LogP contribution in [0.5, 0.6) is 0 Å². The summed E-state index contributed by atoms with van der Waals surface area (Å²) in [7, 11) is 0. The molecule has 1 saturated carbocycles. The first-order valence-corrected chi connectivity index (χ1v) is 8.91. The number of carbonyl (C=O) groups excluding carboxylic acids is 1. The van der Waals surface area contributed by atoms with Crippen molar-refractivity contribution in [2.75, 3.05) is 13.1 Å². The molecule has 136 valence electrons. The predicted octanol–water partition coefficient (Wildman–Crippen LogP) is 2.66. The molecule has 0 aromatic carbocycles. The molecule has 0 radical (unpaired) electrons. The summed E-state index contributed by atoms with van der Waals surface area (Å²) in [6, 6.07) is 4.11. The summed E-state index contributed by atoms with van der Waals surface area (Å²) in [6.07, 6.45) is 5.94. The minimum atomic E-state index is -0.493. The van der Waals surface area contributed by atoms with E-state index in [0.717, 1.165) is 37.3 Å². The number of imidazole rings is 1. The van der Waals surface area contributed by atoms with E-state index in [1.165, 1.54) is 5.56 Å². The number of nitrogens with one attached hydrogen (secondary N) is 2. The summed E-state index contributed by atoms with van der Waals surface area (Å²) >= 11 is 0. The van der Waals surface area contributed by atoms with Gasteiger partial charge in [-0.1, -0.05) is 6.07 Å². The van der Waals surface area contributed by atoms with Crippen LogP contribution in [-0.4, -0.2) is 28.4 Å². The Hall–Kier alpha value is -1.59. The number of aryl methyl sites for hydroxylation is 1. The number of rotatable bonds is 3. The van der Waals surface area contributed by atoms with Crippen LogP contribution in [0.15, 0.2) is 24.5 Å². The molecule has 0 spiro atoms. The van der Waals surface area contributed by atoms with Gasteiger partial charge in [0.25, 0.3) is 0 Å². The third-order valence-corrected chi connectivity index (χ3v) is 5.80. The fraction of sp³-hybridized carbons (Fsp3) is 0.579. The van der Waals surface area contributed by atoms with E-state index >= 15 is 0 Å². The van der Waals surface area contributed by atoms with Gasteiger partial charge in [0.2, 0.25) is 5.91 Å². The Bertz CT molecular complexity index is 773. The molecule has 2 aromatic heterocycles. The summed E-state index contributed by atoms with van der Waals surface area (Å²) in [5, 5.41) is 6.69. The lowest BCUT2D eigenvalue weighted by Crippen LogP contribution is -2.45. The minimum Gasteiger partial charge on any atom is -0.344 e. The zero-order chi connectivity index (χ0) is 16.9. The second-order valence-electron chi connectivity index (χ2n) is 7.99. The summed E-state index contributed by atoms with van der Waals surface area (Å²) in [5.74, 6) is 2.57. The lowest BCUT2D eigenvalue weighted by Gasteiger charge is -2.27. The van der Waals surface area contributed by atoms with Gasteiger partial charge in [-0.15, -0.1) is 12.4 Å². The number of aromatic nitrogens is 2. The smallest absolute Gasteiger partial charge is 0.223 e. The SMILES string of the molecule is Cc1cccn2c(C(C)(C)NC(=O)[C@@H]3C[C@H]4CNC[C@H]4C3)ncc12.Cl. The highest BCUT2D eigenvalue weighted by molar-refractivity contribution is 5.85. The van der Waals surface area contributed by atoms with E-state index in [1.54, 1.807) is 0 Å². The Balaban J connectivity index is 0.00000182. The largest absolute Gasteiger partial charge is 0.344 e. The Morgan fingerprint density at radius 3 is 2.68 bits per heavy atom. The lowest BCUT2D eigenvalue weighted by molar-refractivity contribution is -0.126. The average Bonchev–Trinajstić information content (AvgIpc) is 3.21. The van der Waals surface area contributed by atoms with Crippen LogP contribution < -0.4 is 10.6 Å².